The Labute approximate surface area is 127 Å². The standard InChI is InChI=1S/C13H20IN3O2/c1-8(2)10-9(14)11(15)17-12(16-10)13(18-3)4-6-19-7-5-13/h8H,4-7H2,1-3H3,(H2,15,16,17). The molecule has 0 radical (unpaired) electrons. The number of aromatic nitrogens is 2. The summed E-state index contributed by atoms with van der Waals surface area (Å²) in [6.45, 7) is 5.55. The molecule has 2 N–H and O–H groups in total. The molecule has 1 aliphatic rings. The van der Waals surface area contributed by atoms with E-state index in [1.165, 1.54) is 0 Å². The number of ether oxygens (including phenoxy) is 2. The summed E-state index contributed by atoms with van der Waals surface area (Å²) in [5, 5.41) is 0. The van der Waals surface area contributed by atoms with Gasteiger partial charge in [0, 0.05) is 33.2 Å². The molecule has 0 unspecified atom stereocenters. The molecule has 1 saturated heterocycles. The first kappa shape index (κ1) is 14.9. The third-order valence-corrected chi connectivity index (χ3v) is 4.65. The van der Waals surface area contributed by atoms with Crippen molar-refractivity contribution in [2.24, 2.45) is 0 Å². The van der Waals surface area contributed by atoms with E-state index >= 15 is 0 Å². The van der Waals surface area contributed by atoms with E-state index in [1.54, 1.807) is 7.11 Å². The molecule has 19 heavy (non-hydrogen) atoms. The molecule has 106 valence electrons. The Kier molecular flexibility index (Phi) is 4.62. The number of nitrogens with zero attached hydrogens (tertiary/aromatic N) is 2. The molecule has 0 aromatic carbocycles. The number of hydrogen-bond donors (Lipinski definition) is 1. The first-order chi connectivity index (χ1) is 9.00. The van der Waals surface area contributed by atoms with E-state index in [-0.39, 0.29) is 0 Å². The van der Waals surface area contributed by atoms with Crippen molar-refractivity contribution in [3.8, 4) is 0 Å². The third kappa shape index (κ3) is 2.85. The molecule has 5 nitrogen and oxygen atoms in total. The van der Waals surface area contributed by atoms with Crippen LogP contribution in [0.5, 0.6) is 0 Å². The van der Waals surface area contributed by atoms with Gasteiger partial charge in [0.15, 0.2) is 5.82 Å². The quantitative estimate of drug-likeness (QED) is 0.820. The summed E-state index contributed by atoms with van der Waals surface area (Å²) in [5.74, 6) is 1.54. The minimum atomic E-state index is -0.458. The molecule has 0 saturated carbocycles. The Balaban J connectivity index is 2.49. The van der Waals surface area contributed by atoms with Crippen LogP contribution in [-0.2, 0) is 15.1 Å². The van der Waals surface area contributed by atoms with E-state index in [2.05, 4.69) is 41.4 Å². The topological polar surface area (TPSA) is 70.3 Å². The molecular weight excluding hydrogens is 357 g/mol. The maximum Gasteiger partial charge on any atom is 0.163 e. The summed E-state index contributed by atoms with van der Waals surface area (Å²) in [6, 6.07) is 0. The van der Waals surface area contributed by atoms with E-state index in [0.717, 1.165) is 22.1 Å². The SMILES string of the molecule is COC1(c2nc(N)c(I)c(C(C)C)n2)CCOCC1. The number of halogens is 1. The maximum atomic E-state index is 6.03. The first-order valence-corrected chi connectivity index (χ1v) is 7.54. The van der Waals surface area contributed by atoms with Gasteiger partial charge >= 0.3 is 0 Å². The lowest BCUT2D eigenvalue weighted by molar-refractivity contribution is -0.100. The van der Waals surface area contributed by atoms with Gasteiger partial charge in [0.05, 0.1) is 9.26 Å². The van der Waals surface area contributed by atoms with Gasteiger partial charge in [-0.1, -0.05) is 13.8 Å². The molecule has 1 fully saturated rings. The zero-order chi connectivity index (χ0) is 14.0. The average Bonchev–Trinajstić information content (AvgIpc) is 2.42. The molecule has 1 aromatic rings. The van der Waals surface area contributed by atoms with Crippen molar-refractivity contribution in [1.82, 2.24) is 9.97 Å². The van der Waals surface area contributed by atoms with Crippen LogP contribution in [0.2, 0.25) is 0 Å². The van der Waals surface area contributed by atoms with Crippen molar-refractivity contribution in [3.05, 3.63) is 15.1 Å². The minimum Gasteiger partial charge on any atom is -0.383 e. The van der Waals surface area contributed by atoms with Crippen molar-refractivity contribution in [1.29, 1.82) is 0 Å². The van der Waals surface area contributed by atoms with Gasteiger partial charge in [-0.15, -0.1) is 0 Å². The van der Waals surface area contributed by atoms with E-state index in [9.17, 15) is 0 Å². The summed E-state index contributed by atoms with van der Waals surface area (Å²) in [4.78, 5) is 9.18. The Morgan fingerprint density at radius 2 is 1.95 bits per heavy atom. The molecule has 6 heteroatoms. The molecule has 0 amide bonds. The molecule has 2 heterocycles. The van der Waals surface area contributed by atoms with E-state index in [1.807, 2.05) is 0 Å². The van der Waals surface area contributed by atoms with Gasteiger partial charge in [0.1, 0.15) is 11.4 Å². The normalized spacial score (nSPS) is 18.8. The number of rotatable bonds is 3. The number of nitrogen functional groups attached to an aromatic ring is 1. The van der Waals surface area contributed by atoms with Gasteiger partial charge < -0.3 is 15.2 Å². The molecule has 0 aliphatic carbocycles. The van der Waals surface area contributed by atoms with Crippen LogP contribution in [0.25, 0.3) is 0 Å². The van der Waals surface area contributed by atoms with Gasteiger partial charge in [-0.2, -0.15) is 0 Å². The molecule has 2 rings (SSSR count). The number of anilines is 1. The molecule has 0 atom stereocenters. The number of nitrogens with two attached hydrogens (primary N) is 1. The predicted octanol–water partition coefficient (Wildman–Crippen LogP) is 2.44. The van der Waals surface area contributed by atoms with Crippen LogP contribution in [0.3, 0.4) is 0 Å². The molecule has 1 aliphatic heterocycles. The Bertz CT molecular complexity index is 459. The van der Waals surface area contributed by atoms with Gasteiger partial charge in [-0.05, 0) is 28.5 Å². The summed E-state index contributed by atoms with van der Waals surface area (Å²) in [5.41, 5.74) is 6.57. The lowest BCUT2D eigenvalue weighted by Gasteiger charge is -2.34. The van der Waals surface area contributed by atoms with Crippen LogP contribution in [0, 0.1) is 3.57 Å². The van der Waals surface area contributed by atoms with E-state index < -0.39 is 5.60 Å². The third-order valence-electron chi connectivity index (χ3n) is 3.55. The van der Waals surface area contributed by atoms with E-state index in [0.29, 0.717) is 30.8 Å². The minimum absolute atomic E-state index is 0.310. The fraction of sp³-hybridized carbons (Fsp3) is 0.692. The van der Waals surface area contributed by atoms with Crippen LogP contribution >= 0.6 is 22.6 Å². The van der Waals surface area contributed by atoms with Crippen molar-refractivity contribution < 1.29 is 9.47 Å². The second-order valence-corrected chi connectivity index (χ2v) is 6.18. The molecule has 1 aromatic heterocycles. The number of methoxy groups -OCH3 is 1. The highest BCUT2D eigenvalue weighted by atomic mass is 127. The van der Waals surface area contributed by atoms with Crippen LogP contribution in [-0.4, -0.2) is 30.3 Å². The van der Waals surface area contributed by atoms with Gasteiger partial charge in [0.2, 0.25) is 0 Å². The Hall–Kier alpha value is -0.470. The summed E-state index contributed by atoms with van der Waals surface area (Å²) >= 11 is 2.21. The molecular formula is C13H20IN3O2. The summed E-state index contributed by atoms with van der Waals surface area (Å²) < 4.78 is 12.1. The second-order valence-electron chi connectivity index (χ2n) is 5.10. The van der Waals surface area contributed by atoms with Crippen molar-refractivity contribution >= 4 is 28.4 Å². The fourth-order valence-electron chi connectivity index (χ4n) is 2.29. The zero-order valence-electron chi connectivity index (χ0n) is 11.6. The van der Waals surface area contributed by atoms with E-state index in [4.69, 9.17) is 20.2 Å². The largest absolute Gasteiger partial charge is 0.383 e. The highest BCUT2D eigenvalue weighted by Crippen LogP contribution is 2.35. The lowest BCUT2D eigenvalue weighted by Crippen LogP contribution is -2.38. The lowest BCUT2D eigenvalue weighted by atomic mass is 9.92. The Morgan fingerprint density at radius 1 is 1.32 bits per heavy atom. The summed E-state index contributed by atoms with van der Waals surface area (Å²) in [7, 11) is 1.71. The molecule has 0 spiro atoms. The average molecular weight is 377 g/mol. The van der Waals surface area contributed by atoms with Crippen LogP contribution in [0.4, 0.5) is 5.82 Å². The Morgan fingerprint density at radius 3 is 2.47 bits per heavy atom. The van der Waals surface area contributed by atoms with Crippen molar-refractivity contribution in [3.63, 3.8) is 0 Å². The highest BCUT2D eigenvalue weighted by molar-refractivity contribution is 14.1. The van der Waals surface area contributed by atoms with Crippen LogP contribution in [0.15, 0.2) is 0 Å². The fourth-order valence-corrected chi connectivity index (χ4v) is 3.15. The van der Waals surface area contributed by atoms with Crippen molar-refractivity contribution in [2.45, 2.75) is 38.2 Å². The number of hydrogen-bond acceptors (Lipinski definition) is 5. The molecule has 0 bridgehead atoms. The first-order valence-electron chi connectivity index (χ1n) is 6.46. The summed E-state index contributed by atoms with van der Waals surface area (Å²) in [6.07, 6.45) is 1.53. The zero-order valence-corrected chi connectivity index (χ0v) is 13.7. The second kappa shape index (κ2) is 5.88. The van der Waals surface area contributed by atoms with Crippen molar-refractivity contribution in [2.75, 3.05) is 26.1 Å². The monoisotopic (exact) mass is 377 g/mol. The highest BCUT2D eigenvalue weighted by Gasteiger charge is 2.38. The smallest absolute Gasteiger partial charge is 0.163 e. The van der Waals surface area contributed by atoms with Crippen LogP contribution < -0.4 is 5.73 Å². The van der Waals surface area contributed by atoms with Crippen LogP contribution in [0.1, 0.15) is 44.1 Å². The van der Waals surface area contributed by atoms with Gasteiger partial charge in [0.25, 0.3) is 0 Å². The predicted molar refractivity (Wildman–Crippen MR) is 82.0 cm³/mol. The van der Waals surface area contributed by atoms with Gasteiger partial charge in [-0.25, -0.2) is 9.97 Å². The maximum absolute atomic E-state index is 6.03. The van der Waals surface area contributed by atoms with Gasteiger partial charge in [-0.3, -0.25) is 0 Å².